The van der Waals surface area contributed by atoms with Crippen molar-refractivity contribution in [3.05, 3.63) is 47.2 Å². The third-order valence-electron chi connectivity index (χ3n) is 5.27. The predicted octanol–water partition coefficient (Wildman–Crippen LogP) is 2.29. The normalized spacial score (nSPS) is 20.2. The average Bonchev–Trinajstić information content (AvgIpc) is 3.02. The van der Waals surface area contributed by atoms with Crippen molar-refractivity contribution in [2.24, 2.45) is 10.7 Å². The van der Waals surface area contributed by atoms with Gasteiger partial charge in [0.05, 0.1) is 28.7 Å². The van der Waals surface area contributed by atoms with E-state index in [1.165, 1.54) is 6.07 Å². The number of nitrogens with two attached hydrogens (primary N) is 2. The second-order valence-corrected chi connectivity index (χ2v) is 8.06. The van der Waals surface area contributed by atoms with E-state index in [-0.39, 0.29) is 17.1 Å². The molecule has 4 rings (SSSR count). The van der Waals surface area contributed by atoms with Crippen molar-refractivity contribution < 1.29 is 4.39 Å². The van der Waals surface area contributed by atoms with E-state index in [9.17, 15) is 0 Å². The number of nitrogen functional groups attached to an aromatic ring is 1. The van der Waals surface area contributed by atoms with E-state index in [0.717, 1.165) is 35.7 Å². The molecule has 1 aliphatic rings. The maximum absolute atomic E-state index is 15.0. The molecule has 0 saturated carbocycles. The van der Waals surface area contributed by atoms with Gasteiger partial charge >= 0.3 is 0 Å². The van der Waals surface area contributed by atoms with Crippen molar-refractivity contribution in [1.82, 2.24) is 19.9 Å². The minimum Gasteiger partial charge on any atom is -0.398 e. The second kappa shape index (κ2) is 7.56. The Kier molecular flexibility index (Phi) is 5.07. The fraction of sp³-hybridized carbons (Fsp3) is 0.381. The molecule has 0 bridgehead atoms. The molecule has 1 fully saturated rings. The summed E-state index contributed by atoms with van der Waals surface area (Å²) >= 11 is 0. The lowest BCUT2D eigenvalue weighted by Gasteiger charge is -2.37. The third-order valence-corrected chi connectivity index (χ3v) is 5.27. The van der Waals surface area contributed by atoms with Crippen molar-refractivity contribution in [3.63, 3.8) is 0 Å². The summed E-state index contributed by atoms with van der Waals surface area (Å²) < 4.78 is 16.7. The van der Waals surface area contributed by atoms with Crippen LogP contribution in [0.1, 0.15) is 30.8 Å². The monoisotopic (exact) mass is 410 g/mol. The van der Waals surface area contributed by atoms with Crippen molar-refractivity contribution >= 4 is 28.5 Å². The van der Waals surface area contributed by atoms with Gasteiger partial charge in [-0.1, -0.05) is 0 Å². The number of anilines is 2. The van der Waals surface area contributed by atoms with Gasteiger partial charge in [-0.05, 0) is 39.8 Å². The van der Waals surface area contributed by atoms with Crippen LogP contribution in [0.5, 0.6) is 0 Å². The first-order valence-electron chi connectivity index (χ1n) is 9.99. The Balaban J connectivity index is 1.67. The van der Waals surface area contributed by atoms with Crippen molar-refractivity contribution in [1.29, 1.82) is 0 Å². The zero-order chi connectivity index (χ0) is 21.6. The lowest BCUT2D eigenvalue weighted by Crippen LogP contribution is -2.54. The van der Waals surface area contributed by atoms with Crippen molar-refractivity contribution in [2.75, 3.05) is 23.7 Å². The van der Waals surface area contributed by atoms with Crippen LogP contribution in [0, 0.1) is 19.7 Å². The molecule has 2 atom stereocenters. The molecule has 9 heteroatoms. The Labute approximate surface area is 174 Å². The van der Waals surface area contributed by atoms with Gasteiger partial charge in [0, 0.05) is 42.6 Å². The number of aryl methyl sites for hydroxylation is 2. The number of hydrogen-bond acceptors (Lipinski definition) is 6. The summed E-state index contributed by atoms with van der Waals surface area (Å²) in [5.74, 6) is -0.137. The van der Waals surface area contributed by atoms with Gasteiger partial charge < -0.3 is 21.7 Å². The molecule has 1 saturated heterocycles. The Morgan fingerprint density at radius 1 is 1.20 bits per heavy atom. The molecular formula is C21H27FN8. The molecule has 30 heavy (non-hydrogen) atoms. The van der Waals surface area contributed by atoms with Crippen molar-refractivity contribution in [2.45, 2.75) is 39.8 Å². The van der Waals surface area contributed by atoms with Crippen LogP contribution in [0.2, 0.25) is 0 Å². The van der Waals surface area contributed by atoms with Crippen molar-refractivity contribution in [3.8, 4) is 0 Å². The molecule has 8 nitrogen and oxygen atoms in total. The minimum atomic E-state index is -0.498. The number of fused-ring (bicyclic) bond motifs is 1. The van der Waals surface area contributed by atoms with Crippen LogP contribution in [0.25, 0.3) is 5.52 Å². The van der Waals surface area contributed by atoms with Crippen LogP contribution < -0.4 is 21.7 Å². The lowest BCUT2D eigenvalue weighted by atomic mass is 10.1. The molecule has 3 aromatic rings. The van der Waals surface area contributed by atoms with Crippen LogP contribution in [0.4, 0.5) is 21.6 Å². The summed E-state index contributed by atoms with van der Waals surface area (Å²) in [7, 11) is 0. The molecular weight excluding hydrogens is 383 g/mol. The SMILES string of the molecule is Cc1cn2nc(N=C(N)c3c(N)cc(N4CC(C)NC(C)C4)cc3F)cc2c(C)n1. The van der Waals surface area contributed by atoms with Gasteiger partial charge in [0.2, 0.25) is 0 Å². The van der Waals surface area contributed by atoms with E-state index in [0.29, 0.717) is 17.9 Å². The quantitative estimate of drug-likeness (QED) is 0.347. The first kappa shape index (κ1) is 20.1. The summed E-state index contributed by atoms with van der Waals surface area (Å²) in [5.41, 5.74) is 15.9. The molecule has 2 aromatic heterocycles. The topological polar surface area (TPSA) is 110 Å². The Bertz CT molecular complexity index is 1100. The Morgan fingerprint density at radius 3 is 2.57 bits per heavy atom. The molecule has 2 unspecified atom stereocenters. The molecule has 0 aliphatic carbocycles. The van der Waals surface area contributed by atoms with Gasteiger partial charge in [0.1, 0.15) is 11.7 Å². The molecule has 0 radical (unpaired) electrons. The summed E-state index contributed by atoms with van der Waals surface area (Å²) in [6.07, 6.45) is 1.80. The summed E-state index contributed by atoms with van der Waals surface area (Å²) in [5, 5.41) is 7.86. The summed E-state index contributed by atoms with van der Waals surface area (Å²) in [6.45, 7) is 9.56. The minimum absolute atomic E-state index is 0.00987. The van der Waals surface area contributed by atoms with Crippen LogP contribution in [0.3, 0.4) is 0 Å². The molecule has 0 amide bonds. The van der Waals surface area contributed by atoms with E-state index < -0.39 is 5.82 Å². The number of hydrogen-bond donors (Lipinski definition) is 3. The second-order valence-electron chi connectivity index (χ2n) is 8.06. The standard InChI is InChI=1S/C21H27FN8/c1-11-8-29(9-12(2)25-11)15-5-16(22)20(17(23)6-15)21(24)27-19-7-18-14(4)26-13(3)10-30(18)28-19/h5-7,10-12,25H,8-9,23H2,1-4H3,(H2,24,27,28). The van der Waals surface area contributed by atoms with Gasteiger partial charge in [-0.15, -0.1) is 5.10 Å². The van der Waals surface area contributed by atoms with Crippen LogP contribution >= 0.6 is 0 Å². The summed E-state index contributed by atoms with van der Waals surface area (Å²) in [6, 6.07) is 5.61. The van der Waals surface area contributed by atoms with Crippen LogP contribution in [-0.2, 0) is 0 Å². The highest BCUT2D eigenvalue weighted by atomic mass is 19.1. The number of benzene rings is 1. The number of aromatic nitrogens is 3. The fourth-order valence-electron chi connectivity index (χ4n) is 4.12. The maximum Gasteiger partial charge on any atom is 0.177 e. The number of nitrogens with one attached hydrogen (secondary N) is 1. The molecule has 158 valence electrons. The van der Waals surface area contributed by atoms with Gasteiger partial charge in [-0.25, -0.2) is 13.9 Å². The number of nitrogens with zero attached hydrogens (tertiary/aromatic N) is 5. The lowest BCUT2D eigenvalue weighted by molar-refractivity contribution is 0.406. The van der Waals surface area contributed by atoms with E-state index in [1.807, 2.05) is 13.8 Å². The highest BCUT2D eigenvalue weighted by Gasteiger charge is 2.23. The van der Waals surface area contributed by atoms with Crippen LogP contribution in [-0.4, -0.2) is 45.6 Å². The predicted molar refractivity (Wildman–Crippen MR) is 118 cm³/mol. The molecule has 3 heterocycles. The first-order chi connectivity index (χ1) is 14.2. The molecule has 1 aliphatic heterocycles. The van der Waals surface area contributed by atoms with E-state index in [2.05, 4.69) is 39.1 Å². The zero-order valence-electron chi connectivity index (χ0n) is 17.6. The van der Waals surface area contributed by atoms with Gasteiger partial charge in [0.25, 0.3) is 0 Å². The zero-order valence-corrected chi connectivity index (χ0v) is 17.6. The third kappa shape index (κ3) is 3.80. The first-order valence-corrected chi connectivity index (χ1v) is 9.99. The smallest absolute Gasteiger partial charge is 0.177 e. The average molecular weight is 411 g/mol. The fourth-order valence-corrected chi connectivity index (χ4v) is 4.12. The number of rotatable bonds is 3. The number of piperazine rings is 1. The van der Waals surface area contributed by atoms with Gasteiger partial charge in [-0.2, -0.15) is 0 Å². The number of amidine groups is 1. The molecule has 5 N–H and O–H groups in total. The Morgan fingerprint density at radius 2 is 1.90 bits per heavy atom. The van der Waals surface area contributed by atoms with E-state index in [4.69, 9.17) is 11.5 Å². The highest BCUT2D eigenvalue weighted by Crippen LogP contribution is 2.27. The van der Waals surface area contributed by atoms with Crippen LogP contribution in [0.15, 0.2) is 29.4 Å². The largest absolute Gasteiger partial charge is 0.398 e. The summed E-state index contributed by atoms with van der Waals surface area (Å²) in [4.78, 5) is 10.9. The molecule has 1 aromatic carbocycles. The van der Waals surface area contributed by atoms with E-state index in [1.54, 1.807) is 22.8 Å². The highest BCUT2D eigenvalue weighted by molar-refractivity contribution is 6.04. The van der Waals surface area contributed by atoms with Gasteiger partial charge in [0.15, 0.2) is 5.82 Å². The number of aliphatic imine (C=N–C) groups is 1. The van der Waals surface area contributed by atoms with E-state index >= 15 is 4.39 Å². The number of halogens is 1. The van der Waals surface area contributed by atoms with Gasteiger partial charge in [-0.3, -0.25) is 4.98 Å². The Hall–Kier alpha value is -3.20. The maximum atomic E-state index is 15.0. The molecule has 0 spiro atoms.